The fourth-order valence-corrected chi connectivity index (χ4v) is 4.97. The van der Waals surface area contributed by atoms with Crippen LogP contribution in [0.15, 0.2) is 47.6 Å². The van der Waals surface area contributed by atoms with Gasteiger partial charge in [0.15, 0.2) is 9.84 Å². The Bertz CT molecular complexity index is 1170. The quantitative estimate of drug-likeness (QED) is 0.638. The van der Waals surface area contributed by atoms with E-state index in [9.17, 15) is 31.2 Å². The SMILES string of the molecule is C[C@@H]1COc2ccccc2-c2cncc(c2)S(=O)(=O)CCCC[C@H](NC(=O)CC(F)(F)F)C(=O)N1. The molecule has 1 aromatic carbocycles. The van der Waals surface area contributed by atoms with Crippen molar-refractivity contribution in [1.29, 1.82) is 0 Å². The second kappa shape index (κ2) is 11.1. The maximum atomic E-state index is 12.8. The molecule has 0 radical (unpaired) electrons. The number of nitrogens with one attached hydrogen (secondary N) is 2. The van der Waals surface area contributed by atoms with E-state index in [2.05, 4.69) is 15.6 Å². The molecule has 8 nitrogen and oxygen atoms in total. The van der Waals surface area contributed by atoms with E-state index in [0.717, 1.165) is 0 Å². The standard InChI is InChI=1S/C23H26F3N3O5S/c1-15-14-34-20-8-3-2-6-18(20)16-10-17(13-27-12-16)35(32,33)9-5-4-7-19(22(31)28-15)29-21(30)11-23(24,25)26/h2-3,6,8,10,12-13,15,19H,4-5,7,9,11,14H2,1H3,(H,28,31)(H,29,30)/t15-,19+/m1/s1. The number of pyridine rings is 1. The van der Waals surface area contributed by atoms with Gasteiger partial charge in [-0.3, -0.25) is 14.6 Å². The van der Waals surface area contributed by atoms with Crippen LogP contribution >= 0.6 is 0 Å². The molecular formula is C23H26F3N3O5S. The molecule has 0 fully saturated rings. The van der Waals surface area contributed by atoms with Gasteiger partial charge >= 0.3 is 6.18 Å². The number of fused-ring (bicyclic) bond motifs is 4. The summed E-state index contributed by atoms with van der Waals surface area (Å²) in [6.07, 6.45) is -3.36. The molecular weight excluding hydrogens is 487 g/mol. The van der Waals surface area contributed by atoms with Gasteiger partial charge < -0.3 is 15.4 Å². The van der Waals surface area contributed by atoms with Crippen molar-refractivity contribution in [1.82, 2.24) is 15.6 Å². The highest BCUT2D eigenvalue weighted by molar-refractivity contribution is 7.91. The van der Waals surface area contributed by atoms with Gasteiger partial charge in [-0.15, -0.1) is 0 Å². The van der Waals surface area contributed by atoms with E-state index in [-0.39, 0.29) is 36.5 Å². The van der Waals surface area contributed by atoms with Crippen LogP contribution in [0.25, 0.3) is 11.1 Å². The van der Waals surface area contributed by atoms with E-state index in [1.165, 1.54) is 18.5 Å². The third kappa shape index (κ3) is 7.67. The lowest BCUT2D eigenvalue weighted by Crippen LogP contribution is -2.50. The smallest absolute Gasteiger partial charge is 0.397 e. The number of carbonyl (C=O) groups excluding carboxylic acids is 2. The van der Waals surface area contributed by atoms with Crippen molar-refractivity contribution < 1.29 is 35.9 Å². The first-order chi connectivity index (χ1) is 16.4. The normalized spacial score (nSPS) is 21.2. The van der Waals surface area contributed by atoms with E-state index in [0.29, 0.717) is 16.9 Å². The van der Waals surface area contributed by atoms with Gasteiger partial charge in [-0.2, -0.15) is 13.2 Å². The van der Waals surface area contributed by atoms with Gasteiger partial charge in [0.05, 0.1) is 16.7 Å². The molecule has 1 aliphatic heterocycles. The number of carbonyl (C=O) groups is 2. The van der Waals surface area contributed by atoms with Crippen molar-refractivity contribution in [3.05, 3.63) is 42.7 Å². The summed E-state index contributed by atoms with van der Waals surface area (Å²) in [5, 5.41) is 4.76. The van der Waals surface area contributed by atoms with Crippen LogP contribution in [-0.2, 0) is 19.4 Å². The maximum Gasteiger partial charge on any atom is 0.397 e. The van der Waals surface area contributed by atoms with E-state index in [4.69, 9.17) is 4.74 Å². The molecule has 2 amide bonds. The Hall–Kier alpha value is -3.15. The summed E-state index contributed by atoms with van der Waals surface area (Å²) < 4.78 is 69.3. The Kier molecular flexibility index (Phi) is 8.36. The van der Waals surface area contributed by atoms with Gasteiger partial charge in [0.2, 0.25) is 11.8 Å². The van der Waals surface area contributed by atoms with Gasteiger partial charge in [-0.05, 0) is 38.3 Å². The highest BCUT2D eigenvalue weighted by atomic mass is 32.2. The van der Waals surface area contributed by atoms with Crippen LogP contribution in [0.1, 0.15) is 32.6 Å². The van der Waals surface area contributed by atoms with Crippen LogP contribution in [-0.4, -0.2) is 55.8 Å². The Morgan fingerprint density at radius 3 is 2.71 bits per heavy atom. The average Bonchev–Trinajstić information content (AvgIpc) is 2.78. The number of hydrogen-bond donors (Lipinski definition) is 2. The van der Waals surface area contributed by atoms with Crippen LogP contribution < -0.4 is 15.4 Å². The summed E-state index contributed by atoms with van der Waals surface area (Å²) >= 11 is 0. The number of amides is 2. The van der Waals surface area contributed by atoms with Gasteiger partial charge in [0.25, 0.3) is 0 Å². The second-order valence-corrected chi connectivity index (χ2v) is 10.5. The van der Waals surface area contributed by atoms with Crippen LogP contribution in [0, 0.1) is 0 Å². The van der Waals surface area contributed by atoms with Crippen molar-refractivity contribution in [2.45, 2.75) is 55.8 Å². The first kappa shape index (κ1) is 26.5. The number of nitrogens with zero attached hydrogens (tertiary/aromatic N) is 1. The van der Waals surface area contributed by atoms with E-state index >= 15 is 0 Å². The molecule has 2 bridgehead atoms. The molecule has 0 saturated carbocycles. The number of halogens is 3. The fourth-order valence-electron chi connectivity index (χ4n) is 3.62. The minimum atomic E-state index is -4.72. The van der Waals surface area contributed by atoms with E-state index < -0.39 is 46.3 Å². The van der Waals surface area contributed by atoms with Gasteiger partial charge in [-0.25, -0.2) is 8.42 Å². The summed E-state index contributed by atoms with van der Waals surface area (Å²) in [6.45, 7) is 1.68. The maximum absolute atomic E-state index is 12.8. The first-order valence-electron chi connectivity index (χ1n) is 11.0. The zero-order valence-electron chi connectivity index (χ0n) is 19.0. The lowest BCUT2D eigenvalue weighted by Gasteiger charge is -2.22. The molecule has 2 aromatic rings. The monoisotopic (exact) mass is 513 g/mol. The number of ether oxygens (including phenoxy) is 1. The Balaban J connectivity index is 1.88. The minimum Gasteiger partial charge on any atom is -0.491 e. The lowest BCUT2D eigenvalue weighted by atomic mass is 10.1. The van der Waals surface area contributed by atoms with Crippen LogP contribution in [0.5, 0.6) is 5.75 Å². The number of rotatable bonds is 2. The van der Waals surface area contributed by atoms with Crippen molar-refractivity contribution in [2.24, 2.45) is 0 Å². The van der Waals surface area contributed by atoms with Crippen molar-refractivity contribution in [2.75, 3.05) is 12.4 Å². The van der Waals surface area contributed by atoms with E-state index in [1.54, 1.807) is 31.2 Å². The largest absolute Gasteiger partial charge is 0.491 e. The van der Waals surface area contributed by atoms with Gasteiger partial charge in [0, 0.05) is 23.5 Å². The molecule has 0 aliphatic carbocycles. The topological polar surface area (TPSA) is 114 Å². The number of hydrogen-bond acceptors (Lipinski definition) is 6. The summed E-state index contributed by atoms with van der Waals surface area (Å²) in [5.74, 6) is -1.82. The van der Waals surface area contributed by atoms with Crippen molar-refractivity contribution in [3.8, 4) is 16.9 Å². The summed E-state index contributed by atoms with van der Waals surface area (Å²) in [7, 11) is -3.72. The second-order valence-electron chi connectivity index (χ2n) is 8.35. The average molecular weight is 514 g/mol. The molecule has 190 valence electrons. The third-order valence-electron chi connectivity index (χ3n) is 5.32. The molecule has 0 spiro atoms. The molecule has 12 heteroatoms. The number of benzene rings is 1. The fraction of sp³-hybridized carbons (Fsp3) is 0.435. The van der Waals surface area contributed by atoms with Crippen LogP contribution in [0.4, 0.5) is 13.2 Å². The van der Waals surface area contributed by atoms with E-state index in [1.807, 2.05) is 0 Å². The Morgan fingerprint density at radius 2 is 1.97 bits per heavy atom. The summed E-state index contributed by atoms with van der Waals surface area (Å²) in [5.41, 5.74) is 1.16. The van der Waals surface area contributed by atoms with Gasteiger partial charge in [-0.1, -0.05) is 18.2 Å². The zero-order valence-corrected chi connectivity index (χ0v) is 19.8. The number of para-hydroxylation sites is 1. The third-order valence-corrected chi connectivity index (χ3v) is 7.08. The molecule has 1 aromatic heterocycles. The number of sulfone groups is 1. The minimum absolute atomic E-state index is 0.0252. The van der Waals surface area contributed by atoms with Crippen molar-refractivity contribution >= 4 is 21.7 Å². The van der Waals surface area contributed by atoms with Crippen LogP contribution in [0.3, 0.4) is 0 Å². The predicted molar refractivity (Wildman–Crippen MR) is 121 cm³/mol. The lowest BCUT2D eigenvalue weighted by molar-refractivity contribution is -0.155. The molecule has 35 heavy (non-hydrogen) atoms. The number of alkyl halides is 3. The molecule has 0 saturated heterocycles. The first-order valence-corrected chi connectivity index (χ1v) is 12.7. The van der Waals surface area contributed by atoms with Gasteiger partial charge in [0.1, 0.15) is 24.8 Å². The Morgan fingerprint density at radius 1 is 1.23 bits per heavy atom. The molecule has 2 atom stereocenters. The molecule has 1 aliphatic rings. The summed E-state index contributed by atoms with van der Waals surface area (Å²) in [6, 6.07) is 6.68. The Labute approximate surface area is 201 Å². The number of aromatic nitrogens is 1. The van der Waals surface area contributed by atoms with Crippen molar-refractivity contribution in [3.63, 3.8) is 0 Å². The zero-order chi connectivity index (χ0) is 25.6. The summed E-state index contributed by atoms with van der Waals surface area (Å²) in [4.78, 5) is 28.6. The van der Waals surface area contributed by atoms with Crippen LogP contribution in [0.2, 0.25) is 0 Å². The molecule has 3 rings (SSSR count). The highest BCUT2D eigenvalue weighted by Gasteiger charge is 2.33. The molecule has 2 heterocycles. The molecule has 0 unspecified atom stereocenters. The molecule has 2 N–H and O–H groups in total. The highest BCUT2D eigenvalue weighted by Crippen LogP contribution is 2.31. The predicted octanol–water partition coefficient (Wildman–Crippen LogP) is 3.03.